The topological polar surface area (TPSA) is 29.5 Å². The summed E-state index contributed by atoms with van der Waals surface area (Å²) < 4.78 is 6.44. The second-order valence-electron chi connectivity index (χ2n) is 8.60. The first kappa shape index (κ1) is 21.3. The average molecular weight is 484 g/mol. The third-order valence-corrected chi connectivity index (χ3v) is 8.24. The number of thioether (sulfide) groups is 1. The molecule has 5 heteroatoms. The molecule has 0 unspecified atom stereocenters. The molecule has 1 amide bonds. The summed E-state index contributed by atoms with van der Waals surface area (Å²) in [5.41, 5.74) is 2.52. The number of rotatable bonds is 4. The number of carbonyl (C=O) groups is 1. The molecule has 168 valence electrons. The molecule has 0 bridgehead atoms. The maximum absolute atomic E-state index is 13.8. The van der Waals surface area contributed by atoms with Crippen LogP contribution in [0, 0.1) is 0 Å². The van der Waals surface area contributed by atoms with E-state index in [-0.39, 0.29) is 11.2 Å². The fourth-order valence-electron chi connectivity index (χ4n) is 5.09. The lowest BCUT2D eigenvalue weighted by Gasteiger charge is -2.57. The van der Waals surface area contributed by atoms with Gasteiger partial charge in [-0.25, -0.2) is 0 Å². The van der Waals surface area contributed by atoms with E-state index < -0.39 is 11.6 Å². The SMILES string of the molecule is O=C1[C@@H](Oc2ccccc2)[C@]2(c3ccc(Cl)cc3)C[C@@H](c3ccccc3)Sc3ccccc3N12. The summed E-state index contributed by atoms with van der Waals surface area (Å²) in [4.78, 5) is 16.8. The smallest absolute Gasteiger partial charge is 0.271 e. The molecule has 2 aliphatic heterocycles. The zero-order valence-electron chi connectivity index (χ0n) is 18.3. The minimum Gasteiger partial charge on any atom is -0.478 e. The van der Waals surface area contributed by atoms with Gasteiger partial charge in [-0.1, -0.05) is 84.4 Å². The molecule has 0 aromatic heterocycles. The van der Waals surface area contributed by atoms with Crippen LogP contribution in [0.15, 0.2) is 114 Å². The molecule has 1 fully saturated rings. The molecule has 3 atom stereocenters. The van der Waals surface area contributed by atoms with Gasteiger partial charge in [0, 0.05) is 15.2 Å². The summed E-state index contributed by atoms with van der Waals surface area (Å²) in [5, 5.41) is 0.805. The zero-order chi connectivity index (χ0) is 23.1. The average Bonchev–Trinajstić information content (AvgIpc) is 3.02. The predicted octanol–water partition coefficient (Wildman–Crippen LogP) is 7.27. The van der Waals surface area contributed by atoms with Crippen LogP contribution in [-0.4, -0.2) is 12.0 Å². The number of halogens is 1. The first-order chi connectivity index (χ1) is 16.7. The minimum absolute atomic E-state index is 0.0273. The van der Waals surface area contributed by atoms with Gasteiger partial charge in [-0.3, -0.25) is 9.69 Å². The van der Waals surface area contributed by atoms with Crippen molar-refractivity contribution in [1.82, 2.24) is 0 Å². The lowest BCUT2D eigenvalue weighted by Crippen LogP contribution is -2.74. The summed E-state index contributed by atoms with van der Waals surface area (Å²) in [6.45, 7) is 0. The Morgan fingerprint density at radius 3 is 2.21 bits per heavy atom. The molecule has 0 N–H and O–H groups in total. The molecule has 3 nitrogen and oxygen atoms in total. The number of para-hydroxylation sites is 2. The predicted molar refractivity (Wildman–Crippen MR) is 138 cm³/mol. The molecule has 0 spiro atoms. The largest absolute Gasteiger partial charge is 0.478 e. The van der Waals surface area contributed by atoms with E-state index >= 15 is 0 Å². The number of β-lactam (4-membered cyclic amide) rings is 1. The Hall–Kier alpha value is -3.21. The molecule has 0 saturated carbocycles. The molecule has 2 aliphatic rings. The van der Waals surface area contributed by atoms with Crippen LogP contribution in [0.25, 0.3) is 0 Å². The fourth-order valence-corrected chi connectivity index (χ4v) is 6.59. The maximum Gasteiger partial charge on any atom is 0.271 e. The highest BCUT2D eigenvalue weighted by Gasteiger charge is 2.65. The Morgan fingerprint density at radius 1 is 0.824 bits per heavy atom. The van der Waals surface area contributed by atoms with Crippen LogP contribution < -0.4 is 9.64 Å². The van der Waals surface area contributed by atoms with E-state index in [1.165, 1.54) is 5.56 Å². The van der Waals surface area contributed by atoms with Crippen LogP contribution in [0.2, 0.25) is 5.02 Å². The Labute approximate surface area is 208 Å². The minimum atomic E-state index is -0.669. The first-order valence-electron chi connectivity index (χ1n) is 11.3. The number of fused-ring (bicyclic) bond motifs is 3. The van der Waals surface area contributed by atoms with Gasteiger partial charge in [0.1, 0.15) is 11.3 Å². The van der Waals surface area contributed by atoms with Crippen LogP contribution in [0.4, 0.5) is 5.69 Å². The molecule has 0 aliphatic carbocycles. The standard InChI is InChI=1S/C29H22ClNO2S/c30-22-17-15-21(16-18-22)29-19-26(20-9-3-1-4-10-20)34-25-14-8-7-13-24(25)31(29)28(32)27(29)33-23-11-5-2-6-12-23/h1-18,26-27H,19H2/t26-,27+,29+/m0/s1. The summed E-state index contributed by atoms with van der Waals surface area (Å²) in [7, 11) is 0. The van der Waals surface area contributed by atoms with Crippen LogP contribution in [0.3, 0.4) is 0 Å². The van der Waals surface area contributed by atoms with Crippen molar-refractivity contribution in [3.8, 4) is 5.75 Å². The van der Waals surface area contributed by atoms with Crippen LogP contribution in [0.1, 0.15) is 22.8 Å². The molecule has 4 aromatic rings. The monoisotopic (exact) mass is 483 g/mol. The number of anilines is 1. The third kappa shape index (κ3) is 3.41. The van der Waals surface area contributed by atoms with E-state index in [1.54, 1.807) is 0 Å². The van der Waals surface area contributed by atoms with Gasteiger partial charge >= 0.3 is 0 Å². The summed E-state index contributed by atoms with van der Waals surface area (Å²) in [5.74, 6) is 0.663. The maximum atomic E-state index is 13.8. The van der Waals surface area contributed by atoms with E-state index in [1.807, 2.05) is 95.5 Å². The van der Waals surface area contributed by atoms with Crippen LogP contribution in [-0.2, 0) is 10.3 Å². The number of hydrogen-bond donors (Lipinski definition) is 0. The van der Waals surface area contributed by atoms with E-state index in [9.17, 15) is 4.79 Å². The second-order valence-corrected chi connectivity index (χ2v) is 10.3. The highest BCUT2D eigenvalue weighted by Crippen LogP contribution is 2.59. The van der Waals surface area contributed by atoms with Gasteiger partial charge in [-0.05, 0) is 53.9 Å². The van der Waals surface area contributed by atoms with Crippen molar-refractivity contribution in [1.29, 1.82) is 0 Å². The highest BCUT2D eigenvalue weighted by atomic mass is 35.5. The Bertz CT molecular complexity index is 1330. The molecule has 1 saturated heterocycles. The van der Waals surface area contributed by atoms with Crippen molar-refractivity contribution in [3.05, 3.63) is 125 Å². The number of ether oxygens (including phenoxy) is 1. The van der Waals surface area contributed by atoms with Crippen molar-refractivity contribution >= 4 is 35.0 Å². The van der Waals surface area contributed by atoms with Gasteiger partial charge in [-0.2, -0.15) is 0 Å². The van der Waals surface area contributed by atoms with E-state index in [4.69, 9.17) is 16.3 Å². The van der Waals surface area contributed by atoms with Gasteiger partial charge in [0.2, 0.25) is 6.10 Å². The summed E-state index contributed by atoms with van der Waals surface area (Å²) in [6, 6.07) is 36.1. The van der Waals surface area contributed by atoms with Gasteiger partial charge in [0.15, 0.2) is 0 Å². The van der Waals surface area contributed by atoms with Gasteiger partial charge in [0.25, 0.3) is 5.91 Å². The van der Waals surface area contributed by atoms with Gasteiger partial charge in [0.05, 0.1) is 5.69 Å². The lowest BCUT2D eigenvalue weighted by atomic mass is 9.70. The second kappa shape index (κ2) is 8.53. The summed E-state index contributed by atoms with van der Waals surface area (Å²) in [6.07, 6.45) is 0.0652. The Balaban J connectivity index is 1.55. The number of nitrogens with zero attached hydrogens (tertiary/aromatic N) is 1. The van der Waals surface area contributed by atoms with E-state index in [0.29, 0.717) is 17.2 Å². The Morgan fingerprint density at radius 2 is 1.47 bits per heavy atom. The molecule has 34 heavy (non-hydrogen) atoms. The normalized spacial score (nSPS) is 23.3. The highest BCUT2D eigenvalue weighted by molar-refractivity contribution is 7.99. The first-order valence-corrected chi connectivity index (χ1v) is 12.5. The molecule has 4 aromatic carbocycles. The fraction of sp³-hybridized carbons (Fsp3) is 0.138. The summed E-state index contributed by atoms with van der Waals surface area (Å²) >= 11 is 8.08. The van der Waals surface area contributed by atoms with Gasteiger partial charge < -0.3 is 4.74 Å². The van der Waals surface area contributed by atoms with Crippen molar-refractivity contribution in [2.75, 3.05) is 4.90 Å². The lowest BCUT2D eigenvalue weighted by molar-refractivity contribution is -0.142. The molecule has 2 heterocycles. The number of hydrogen-bond acceptors (Lipinski definition) is 3. The number of amides is 1. The van der Waals surface area contributed by atoms with Gasteiger partial charge in [-0.15, -0.1) is 11.8 Å². The van der Waals surface area contributed by atoms with Crippen LogP contribution in [0.5, 0.6) is 5.75 Å². The number of benzene rings is 4. The van der Waals surface area contributed by atoms with E-state index in [0.717, 1.165) is 16.1 Å². The van der Waals surface area contributed by atoms with E-state index in [2.05, 4.69) is 30.3 Å². The molecular formula is C29H22ClNO2S. The molecular weight excluding hydrogens is 462 g/mol. The Kier molecular flexibility index (Phi) is 5.35. The molecule has 6 rings (SSSR count). The molecule has 0 radical (unpaired) electrons. The van der Waals surface area contributed by atoms with Crippen molar-refractivity contribution in [2.24, 2.45) is 0 Å². The van der Waals surface area contributed by atoms with Crippen LogP contribution >= 0.6 is 23.4 Å². The third-order valence-electron chi connectivity index (χ3n) is 6.66. The van der Waals surface area contributed by atoms with Crippen molar-refractivity contribution in [3.63, 3.8) is 0 Å². The number of carbonyl (C=O) groups excluding carboxylic acids is 1. The zero-order valence-corrected chi connectivity index (χ0v) is 19.9. The van der Waals surface area contributed by atoms with Crippen molar-refractivity contribution < 1.29 is 9.53 Å². The quantitative estimate of drug-likeness (QED) is 0.286. The van der Waals surface area contributed by atoms with Crippen molar-refractivity contribution in [2.45, 2.75) is 28.2 Å².